The van der Waals surface area contributed by atoms with Crippen LogP contribution < -0.4 is 10.1 Å². The average molecular weight is 267 g/mol. The lowest BCUT2D eigenvalue weighted by Crippen LogP contribution is -2.04. The summed E-state index contributed by atoms with van der Waals surface area (Å²) in [6.07, 6.45) is 2.68. The number of hydrogen-bond donors (Lipinski definition) is 1. The summed E-state index contributed by atoms with van der Waals surface area (Å²) < 4.78 is 5.65. The van der Waals surface area contributed by atoms with E-state index < -0.39 is 0 Å². The summed E-state index contributed by atoms with van der Waals surface area (Å²) in [4.78, 5) is 0. The Hall–Kier alpha value is -1.96. The monoisotopic (exact) mass is 267 g/mol. The van der Waals surface area contributed by atoms with E-state index in [2.05, 4.69) is 35.6 Å². The van der Waals surface area contributed by atoms with Crippen molar-refractivity contribution in [2.24, 2.45) is 0 Å². The zero-order valence-corrected chi connectivity index (χ0v) is 11.9. The lowest BCUT2D eigenvalue weighted by atomic mass is 10.0. The molecule has 2 aromatic rings. The van der Waals surface area contributed by atoms with Crippen LogP contribution in [-0.4, -0.2) is 6.61 Å². The highest BCUT2D eigenvalue weighted by atomic mass is 16.5. The molecule has 104 valence electrons. The van der Waals surface area contributed by atoms with Crippen LogP contribution in [0.15, 0.2) is 48.5 Å². The van der Waals surface area contributed by atoms with Gasteiger partial charge in [0.05, 0.1) is 12.3 Å². The van der Waals surface area contributed by atoms with Crippen molar-refractivity contribution in [3.8, 4) is 5.75 Å². The quantitative estimate of drug-likeness (QED) is 0.827. The molecular weight excluding hydrogens is 246 g/mol. The van der Waals surface area contributed by atoms with Gasteiger partial charge in [0.25, 0.3) is 0 Å². The van der Waals surface area contributed by atoms with Crippen LogP contribution in [0.5, 0.6) is 5.75 Å². The van der Waals surface area contributed by atoms with Gasteiger partial charge in [0.2, 0.25) is 0 Å². The average Bonchev–Trinajstić information content (AvgIpc) is 3.32. The Balaban J connectivity index is 1.73. The fourth-order valence-electron chi connectivity index (χ4n) is 2.57. The van der Waals surface area contributed by atoms with Crippen LogP contribution in [0.3, 0.4) is 0 Å². The molecule has 0 heterocycles. The van der Waals surface area contributed by atoms with Crippen LogP contribution >= 0.6 is 0 Å². The van der Waals surface area contributed by atoms with E-state index in [-0.39, 0.29) is 0 Å². The predicted molar refractivity (Wildman–Crippen MR) is 83.4 cm³/mol. The van der Waals surface area contributed by atoms with Crippen molar-refractivity contribution in [1.82, 2.24) is 0 Å². The van der Waals surface area contributed by atoms with Gasteiger partial charge in [-0.2, -0.15) is 0 Å². The first kappa shape index (κ1) is 13.0. The molecule has 0 spiro atoms. The largest absolute Gasteiger partial charge is 0.492 e. The number of anilines is 1. The lowest BCUT2D eigenvalue weighted by Gasteiger charge is -2.14. The molecule has 0 amide bonds. The van der Waals surface area contributed by atoms with Crippen molar-refractivity contribution >= 4 is 5.69 Å². The smallest absolute Gasteiger partial charge is 0.142 e. The summed E-state index contributed by atoms with van der Waals surface area (Å²) in [7, 11) is 0. The molecule has 2 heteroatoms. The normalized spacial score (nSPS) is 14.1. The summed E-state index contributed by atoms with van der Waals surface area (Å²) in [6.45, 7) is 3.56. The number of rotatable bonds is 6. The number of hydrogen-bond acceptors (Lipinski definition) is 2. The van der Waals surface area contributed by atoms with Crippen molar-refractivity contribution in [1.29, 1.82) is 0 Å². The van der Waals surface area contributed by atoms with Crippen LogP contribution in [0.25, 0.3) is 0 Å². The highest BCUT2D eigenvalue weighted by Crippen LogP contribution is 2.41. The van der Waals surface area contributed by atoms with E-state index in [1.54, 1.807) is 0 Å². The summed E-state index contributed by atoms with van der Waals surface area (Å²) >= 11 is 0. The third kappa shape index (κ3) is 2.96. The minimum absolute atomic E-state index is 0.692. The van der Waals surface area contributed by atoms with Gasteiger partial charge in [-0.1, -0.05) is 36.4 Å². The van der Waals surface area contributed by atoms with E-state index in [4.69, 9.17) is 4.74 Å². The SMILES string of the molecule is CCOc1ccccc1NCc1ccccc1C1CC1. The minimum atomic E-state index is 0.692. The highest BCUT2D eigenvalue weighted by molar-refractivity contribution is 5.56. The summed E-state index contributed by atoms with van der Waals surface area (Å²) in [5.41, 5.74) is 3.98. The maximum absolute atomic E-state index is 5.65. The molecule has 1 aliphatic rings. The second-order valence-electron chi connectivity index (χ2n) is 5.26. The molecule has 0 unspecified atom stereocenters. The first-order valence-electron chi connectivity index (χ1n) is 7.42. The van der Waals surface area contributed by atoms with Crippen molar-refractivity contribution in [2.45, 2.75) is 32.2 Å². The Kier molecular flexibility index (Phi) is 3.91. The van der Waals surface area contributed by atoms with Crippen LogP contribution in [0.1, 0.15) is 36.8 Å². The Labute approximate surface area is 120 Å². The lowest BCUT2D eigenvalue weighted by molar-refractivity contribution is 0.341. The molecular formula is C18H21NO. The molecule has 2 aromatic carbocycles. The first-order valence-corrected chi connectivity index (χ1v) is 7.42. The molecule has 0 saturated heterocycles. The van der Waals surface area contributed by atoms with Gasteiger partial charge in [0.15, 0.2) is 0 Å². The number of para-hydroxylation sites is 2. The number of benzene rings is 2. The van der Waals surface area contributed by atoms with Gasteiger partial charge in [0.1, 0.15) is 5.75 Å². The van der Waals surface area contributed by atoms with Crippen LogP contribution in [0, 0.1) is 0 Å². The molecule has 1 fully saturated rings. The molecule has 0 atom stereocenters. The van der Waals surface area contributed by atoms with Gasteiger partial charge in [-0.3, -0.25) is 0 Å². The van der Waals surface area contributed by atoms with Crippen molar-refractivity contribution in [3.05, 3.63) is 59.7 Å². The van der Waals surface area contributed by atoms with Gasteiger partial charge >= 0.3 is 0 Å². The molecule has 1 aliphatic carbocycles. The molecule has 1 N–H and O–H groups in total. The molecule has 0 aliphatic heterocycles. The fraction of sp³-hybridized carbons (Fsp3) is 0.333. The number of ether oxygens (including phenoxy) is 1. The van der Waals surface area contributed by atoms with Gasteiger partial charge in [-0.25, -0.2) is 0 Å². The first-order chi connectivity index (χ1) is 9.88. The molecule has 0 bridgehead atoms. The van der Waals surface area contributed by atoms with E-state index in [0.29, 0.717) is 6.61 Å². The Morgan fingerprint density at radius 1 is 1.05 bits per heavy atom. The topological polar surface area (TPSA) is 21.3 Å². The van der Waals surface area contributed by atoms with Crippen LogP contribution in [-0.2, 0) is 6.54 Å². The zero-order chi connectivity index (χ0) is 13.8. The van der Waals surface area contributed by atoms with Gasteiger partial charge < -0.3 is 10.1 Å². The Bertz CT molecular complexity index is 575. The van der Waals surface area contributed by atoms with E-state index in [1.807, 2.05) is 25.1 Å². The second-order valence-corrected chi connectivity index (χ2v) is 5.26. The highest BCUT2D eigenvalue weighted by Gasteiger charge is 2.25. The summed E-state index contributed by atoms with van der Waals surface area (Å²) in [5, 5.41) is 3.51. The molecule has 20 heavy (non-hydrogen) atoms. The number of nitrogens with one attached hydrogen (secondary N) is 1. The summed E-state index contributed by atoms with van der Waals surface area (Å²) in [6, 6.07) is 16.9. The summed E-state index contributed by atoms with van der Waals surface area (Å²) in [5.74, 6) is 1.72. The van der Waals surface area contributed by atoms with Gasteiger partial charge in [0, 0.05) is 6.54 Å². The van der Waals surface area contributed by atoms with Crippen molar-refractivity contribution in [3.63, 3.8) is 0 Å². The molecule has 3 rings (SSSR count). The van der Waals surface area contributed by atoms with E-state index >= 15 is 0 Å². The molecule has 2 nitrogen and oxygen atoms in total. The molecule has 1 saturated carbocycles. The molecule has 0 aromatic heterocycles. The van der Waals surface area contributed by atoms with Crippen molar-refractivity contribution in [2.75, 3.05) is 11.9 Å². The fourth-order valence-corrected chi connectivity index (χ4v) is 2.57. The van der Waals surface area contributed by atoms with Crippen LogP contribution in [0.2, 0.25) is 0 Å². The zero-order valence-electron chi connectivity index (χ0n) is 11.9. The molecule has 0 radical (unpaired) electrons. The minimum Gasteiger partial charge on any atom is -0.492 e. The standard InChI is InChI=1S/C18H21NO/c1-2-20-18-10-6-5-9-17(18)19-13-15-7-3-4-8-16(15)14-11-12-14/h3-10,14,19H,2,11-13H2,1H3. The van der Waals surface area contributed by atoms with Gasteiger partial charge in [-0.05, 0) is 48.9 Å². The maximum atomic E-state index is 5.65. The maximum Gasteiger partial charge on any atom is 0.142 e. The predicted octanol–water partition coefficient (Wildman–Crippen LogP) is 4.57. The Morgan fingerprint density at radius 3 is 2.60 bits per heavy atom. The third-order valence-electron chi connectivity index (χ3n) is 3.73. The Morgan fingerprint density at radius 2 is 1.80 bits per heavy atom. The third-order valence-corrected chi connectivity index (χ3v) is 3.73. The van der Waals surface area contributed by atoms with E-state index in [9.17, 15) is 0 Å². The van der Waals surface area contributed by atoms with E-state index in [1.165, 1.54) is 24.0 Å². The second kappa shape index (κ2) is 6.00. The van der Waals surface area contributed by atoms with E-state index in [0.717, 1.165) is 23.9 Å². The van der Waals surface area contributed by atoms with Crippen LogP contribution in [0.4, 0.5) is 5.69 Å². The van der Waals surface area contributed by atoms with Crippen molar-refractivity contribution < 1.29 is 4.74 Å². The van der Waals surface area contributed by atoms with Gasteiger partial charge in [-0.15, -0.1) is 0 Å².